The molecule has 9 rings (SSSR count). The molecular weight excluding hydrogens is 640 g/mol. The van der Waals surface area contributed by atoms with E-state index in [1.54, 1.807) is 6.20 Å². The Labute approximate surface area is 265 Å². The first-order chi connectivity index (χ1) is 21.5. The van der Waals surface area contributed by atoms with E-state index in [-0.39, 0.29) is 20.1 Å². The Balaban J connectivity index is 1.53. The van der Waals surface area contributed by atoms with Crippen molar-refractivity contribution in [1.82, 2.24) is 24.9 Å². The van der Waals surface area contributed by atoms with Crippen molar-refractivity contribution in [2.75, 3.05) is 0 Å². The highest BCUT2D eigenvalue weighted by atomic mass is 35.5. The van der Waals surface area contributed by atoms with Crippen LogP contribution in [0, 0.1) is 0 Å². The number of nitrogens with zero attached hydrogens (tertiary/aromatic N) is 5. The first-order valence-corrected chi connectivity index (χ1v) is 14.9. The molecule has 4 N–H and O–H groups in total. The molecule has 1 aliphatic heterocycles. The van der Waals surface area contributed by atoms with E-state index in [1.165, 1.54) is 0 Å². The van der Waals surface area contributed by atoms with E-state index >= 15 is 0 Å². The molecule has 1 aliphatic rings. The minimum Gasteiger partial charge on any atom is -0.324 e. The molecule has 0 spiro atoms. The number of H-pyrrole nitrogens is 4. The van der Waals surface area contributed by atoms with E-state index < -0.39 is 0 Å². The molecule has 0 radical (unpaired) electrons. The topological polar surface area (TPSA) is 125 Å². The molecule has 3 aromatic carbocycles. The molecule has 0 saturated heterocycles. The molecule has 0 amide bonds. The van der Waals surface area contributed by atoms with E-state index in [0.717, 1.165) is 26.9 Å². The van der Waals surface area contributed by atoms with Gasteiger partial charge in [0.2, 0.25) is 0 Å². The Hall–Kier alpha value is -4.67. The highest BCUT2D eigenvalue weighted by Crippen LogP contribution is 2.41. The standard InChI is InChI=1S/C31H15Cl4N9/c32-19-17-18(20(33)22(35)21(19)34)30-41-26-14-8-3-4-9-15(14)27(38-26)42-31-23-16(10-5-11-36-23)28(43-31)39-24-12-6-1-2-7-13(12)25(37-24)40-29(17)44-30/h1-11H,(H4,37,38,39,40,41,42,43,44). The van der Waals surface area contributed by atoms with Crippen LogP contribution < -0.4 is 22.0 Å². The largest absolute Gasteiger partial charge is 0.324 e. The zero-order chi connectivity index (χ0) is 29.7. The van der Waals surface area contributed by atoms with Crippen molar-refractivity contribution in [2.24, 2.45) is 20.0 Å². The average molecular weight is 655 g/mol. The molecular formula is C31H15Cl4N9. The summed E-state index contributed by atoms with van der Waals surface area (Å²) in [5.41, 5.74) is 2.62. The van der Waals surface area contributed by atoms with Crippen molar-refractivity contribution in [3.8, 4) is 0 Å². The van der Waals surface area contributed by atoms with Crippen LogP contribution in [-0.4, -0.2) is 24.9 Å². The van der Waals surface area contributed by atoms with Crippen LogP contribution in [-0.2, 0) is 0 Å². The number of halogens is 4. The number of pyridine rings is 1. The second kappa shape index (κ2) is 9.41. The zero-order valence-corrected chi connectivity index (χ0v) is 25.1. The van der Waals surface area contributed by atoms with E-state index in [4.69, 9.17) is 66.4 Å². The fourth-order valence-corrected chi connectivity index (χ4v) is 6.79. The number of benzene rings is 3. The third-order valence-corrected chi connectivity index (χ3v) is 9.55. The lowest BCUT2D eigenvalue weighted by Crippen LogP contribution is -2.10. The Bertz CT molecular complexity index is 2600. The van der Waals surface area contributed by atoms with Crippen molar-refractivity contribution in [3.63, 3.8) is 0 Å². The van der Waals surface area contributed by atoms with Crippen LogP contribution in [0.2, 0.25) is 20.1 Å². The predicted octanol–water partition coefficient (Wildman–Crippen LogP) is 7.74. The summed E-state index contributed by atoms with van der Waals surface area (Å²) < 4.78 is 0. The summed E-state index contributed by atoms with van der Waals surface area (Å²) in [5.74, 6) is 2.28. The van der Waals surface area contributed by atoms with Crippen LogP contribution >= 0.6 is 46.4 Å². The van der Waals surface area contributed by atoms with Gasteiger partial charge in [0.15, 0.2) is 5.49 Å². The Morgan fingerprint density at radius 3 is 1.32 bits per heavy atom. The molecule has 9 nitrogen and oxygen atoms in total. The normalized spacial score (nSPS) is 12.8. The van der Waals surface area contributed by atoms with Gasteiger partial charge in [-0.1, -0.05) is 94.9 Å². The van der Waals surface area contributed by atoms with Crippen LogP contribution in [0.5, 0.6) is 0 Å². The molecule has 8 aromatic rings. The molecule has 6 heterocycles. The molecule has 212 valence electrons. The van der Waals surface area contributed by atoms with Crippen molar-refractivity contribution in [3.05, 3.63) is 109 Å². The summed E-state index contributed by atoms with van der Waals surface area (Å²) in [4.78, 5) is 38.1. The number of aromatic nitrogens is 5. The molecule has 0 unspecified atom stereocenters. The van der Waals surface area contributed by atoms with E-state index in [1.807, 2.05) is 60.7 Å². The van der Waals surface area contributed by atoms with Crippen molar-refractivity contribution in [1.29, 1.82) is 0 Å². The van der Waals surface area contributed by atoms with E-state index in [9.17, 15) is 0 Å². The number of hydrogen-bond donors (Lipinski definition) is 4. The lowest BCUT2D eigenvalue weighted by molar-refractivity contribution is 1.08. The second-order valence-corrected chi connectivity index (χ2v) is 11.7. The van der Waals surface area contributed by atoms with Gasteiger partial charge in [-0.15, -0.1) is 0 Å². The minimum absolute atomic E-state index is 0.124. The lowest BCUT2D eigenvalue weighted by atomic mass is 10.2. The molecule has 44 heavy (non-hydrogen) atoms. The number of hydrogen-bond acceptors (Lipinski definition) is 5. The van der Waals surface area contributed by atoms with Gasteiger partial charge in [0.25, 0.3) is 0 Å². The van der Waals surface area contributed by atoms with Crippen LogP contribution in [0.1, 0.15) is 0 Å². The molecule has 0 fully saturated rings. The minimum atomic E-state index is 0.124. The monoisotopic (exact) mass is 653 g/mol. The first-order valence-electron chi connectivity index (χ1n) is 13.4. The van der Waals surface area contributed by atoms with Crippen molar-refractivity contribution >= 4 is 113 Å². The van der Waals surface area contributed by atoms with Gasteiger partial charge >= 0.3 is 0 Å². The maximum atomic E-state index is 6.82. The third kappa shape index (κ3) is 3.64. The van der Waals surface area contributed by atoms with Crippen molar-refractivity contribution < 1.29 is 0 Å². The van der Waals surface area contributed by atoms with Crippen LogP contribution in [0.15, 0.2) is 86.8 Å². The van der Waals surface area contributed by atoms with Crippen LogP contribution in [0.3, 0.4) is 0 Å². The van der Waals surface area contributed by atoms with Gasteiger partial charge in [0, 0.05) is 33.1 Å². The number of rotatable bonds is 0. The molecule has 8 bridgehead atoms. The van der Waals surface area contributed by atoms with Crippen molar-refractivity contribution in [2.45, 2.75) is 0 Å². The molecule has 5 aromatic heterocycles. The van der Waals surface area contributed by atoms with Gasteiger partial charge in [-0.25, -0.2) is 20.0 Å². The first kappa shape index (κ1) is 25.8. The smallest absolute Gasteiger partial charge is 0.160 e. The summed E-state index contributed by atoms with van der Waals surface area (Å²) in [6, 6.07) is 19.5. The van der Waals surface area contributed by atoms with Gasteiger partial charge in [-0.05, 0) is 12.1 Å². The Morgan fingerprint density at radius 2 is 0.818 bits per heavy atom. The molecule has 0 saturated carbocycles. The number of aromatic amines is 4. The van der Waals surface area contributed by atoms with E-state index in [0.29, 0.717) is 61.5 Å². The predicted molar refractivity (Wildman–Crippen MR) is 174 cm³/mol. The fourth-order valence-electron chi connectivity index (χ4n) is 5.76. The van der Waals surface area contributed by atoms with E-state index in [2.05, 4.69) is 24.9 Å². The highest BCUT2D eigenvalue weighted by Gasteiger charge is 2.21. The maximum Gasteiger partial charge on any atom is 0.160 e. The van der Waals surface area contributed by atoms with Gasteiger partial charge in [-0.3, -0.25) is 4.98 Å². The summed E-state index contributed by atoms with van der Waals surface area (Å²) in [6.45, 7) is 0. The second-order valence-electron chi connectivity index (χ2n) is 10.2. The summed E-state index contributed by atoms with van der Waals surface area (Å²) in [5, 5.41) is 5.85. The molecule has 0 atom stereocenters. The number of fused-ring (bicyclic) bond motifs is 20. The highest BCUT2D eigenvalue weighted by molar-refractivity contribution is 6.55. The summed E-state index contributed by atoms with van der Waals surface area (Å²) in [7, 11) is 0. The lowest BCUT2D eigenvalue weighted by Gasteiger charge is -2.04. The molecule has 13 heteroatoms. The Morgan fingerprint density at radius 1 is 0.409 bits per heavy atom. The fraction of sp³-hybridized carbons (Fsp3) is 0. The number of nitrogens with one attached hydrogen (secondary N) is 4. The van der Waals surface area contributed by atoms with Gasteiger partial charge in [0.05, 0.1) is 30.9 Å². The zero-order valence-electron chi connectivity index (χ0n) is 22.1. The summed E-state index contributed by atoms with van der Waals surface area (Å²) in [6.07, 6.45) is 1.73. The molecule has 0 aliphatic carbocycles. The van der Waals surface area contributed by atoms with Gasteiger partial charge in [-0.2, -0.15) is 0 Å². The van der Waals surface area contributed by atoms with Crippen LogP contribution in [0.25, 0.3) is 43.2 Å². The third-order valence-electron chi connectivity index (χ3n) is 7.74. The van der Waals surface area contributed by atoms with Crippen LogP contribution in [0.4, 0.5) is 23.3 Å². The summed E-state index contributed by atoms with van der Waals surface area (Å²) >= 11 is 26.7. The van der Waals surface area contributed by atoms with Gasteiger partial charge < -0.3 is 19.9 Å². The Kier molecular flexibility index (Phi) is 5.52. The SMILES string of the molecule is Clc1c(Cl)c(Cl)c2c3[nH]c(c2c1Cl)=Nc1[nH]c(c2ccccc12)N=c1[nH]c(c2ncccc12)=Nc1[nH]c(c2ccccc12)N=3. The average Bonchev–Trinajstić information content (AvgIpc) is 3.78. The van der Waals surface area contributed by atoms with Gasteiger partial charge in [0.1, 0.15) is 45.3 Å². The maximum absolute atomic E-state index is 6.82. The quantitative estimate of drug-likeness (QED) is 0.0969.